The van der Waals surface area contributed by atoms with Crippen LogP contribution in [-0.2, 0) is 4.79 Å². The van der Waals surface area contributed by atoms with Crippen molar-refractivity contribution in [1.82, 2.24) is 5.32 Å². The lowest BCUT2D eigenvalue weighted by Gasteiger charge is -2.37. The molecule has 0 bridgehead atoms. The lowest BCUT2D eigenvalue weighted by Crippen LogP contribution is -2.45. The van der Waals surface area contributed by atoms with Gasteiger partial charge in [-0.3, -0.25) is 4.79 Å². The highest BCUT2D eigenvalue weighted by molar-refractivity contribution is 5.96. The normalized spacial score (nSPS) is 30.2. The Morgan fingerprint density at radius 3 is 2.53 bits per heavy atom. The fourth-order valence-electron chi connectivity index (χ4n) is 2.69. The van der Waals surface area contributed by atoms with Crippen LogP contribution >= 0.6 is 0 Å². The van der Waals surface area contributed by atoms with Gasteiger partial charge in [0.05, 0.1) is 0 Å². The summed E-state index contributed by atoms with van der Waals surface area (Å²) < 4.78 is 0. The number of allylic oxidation sites excluding steroid dienone is 3. The second-order valence-electron chi connectivity index (χ2n) is 6.22. The molecule has 0 fully saturated rings. The fraction of sp³-hybridized carbons (Fsp3) is 0.667. The quantitative estimate of drug-likeness (QED) is 0.692. The summed E-state index contributed by atoms with van der Waals surface area (Å²) in [5.41, 5.74) is 0.894. The van der Waals surface area contributed by atoms with Crippen molar-refractivity contribution in [3.05, 3.63) is 23.8 Å². The van der Waals surface area contributed by atoms with Crippen LogP contribution in [0.5, 0.6) is 0 Å². The lowest BCUT2D eigenvalue weighted by atomic mass is 9.69. The average Bonchev–Trinajstić information content (AvgIpc) is 2.14. The van der Waals surface area contributed by atoms with Crippen LogP contribution in [0.15, 0.2) is 23.8 Å². The van der Waals surface area contributed by atoms with Gasteiger partial charge in [0.2, 0.25) is 5.91 Å². The molecule has 2 nitrogen and oxygen atoms in total. The maximum atomic E-state index is 12.1. The molecule has 2 aliphatic rings. The maximum absolute atomic E-state index is 12.1. The molecule has 0 radical (unpaired) electrons. The van der Waals surface area contributed by atoms with E-state index in [1.54, 1.807) is 0 Å². The number of rotatable bonds is 1. The minimum absolute atomic E-state index is 0.134. The highest BCUT2D eigenvalue weighted by atomic mass is 16.1. The molecular weight excluding hydrogens is 210 g/mol. The topological polar surface area (TPSA) is 29.1 Å². The second kappa shape index (κ2) is 4.67. The van der Waals surface area contributed by atoms with E-state index in [0.29, 0.717) is 11.8 Å². The number of carbonyl (C=O) groups is 1. The molecule has 2 atom stereocenters. The van der Waals surface area contributed by atoms with Gasteiger partial charge >= 0.3 is 0 Å². The first-order valence-corrected chi connectivity index (χ1v) is 6.66. The summed E-state index contributed by atoms with van der Waals surface area (Å²) >= 11 is 0. The van der Waals surface area contributed by atoms with Crippen LogP contribution in [0, 0.1) is 11.8 Å². The maximum Gasteiger partial charge on any atom is 0.247 e. The molecule has 2 aliphatic carbocycles. The van der Waals surface area contributed by atoms with Crippen molar-refractivity contribution in [3.8, 4) is 0 Å². The molecule has 0 heterocycles. The zero-order valence-corrected chi connectivity index (χ0v) is 11.1. The molecule has 2 unspecified atom stereocenters. The summed E-state index contributed by atoms with van der Waals surface area (Å²) in [6, 6.07) is 0. The molecule has 0 spiro atoms. The first kappa shape index (κ1) is 12.4. The SMILES string of the molecule is CC(C)(C)NC(=O)C1=CC2CC/C=C/CCC12. The van der Waals surface area contributed by atoms with E-state index in [-0.39, 0.29) is 11.4 Å². The first-order chi connectivity index (χ1) is 7.97. The van der Waals surface area contributed by atoms with Crippen molar-refractivity contribution in [2.45, 2.75) is 52.0 Å². The van der Waals surface area contributed by atoms with E-state index in [1.165, 1.54) is 6.42 Å². The average molecular weight is 233 g/mol. The molecule has 0 aromatic rings. The molecule has 0 saturated heterocycles. The number of hydrogen-bond donors (Lipinski definition) is 1. The van der Waals surface area contributed by atoms with E-state index < -0.39 is 0 Å². The van der Waals surface area contributed by atoms with Crippen molar-refractivity contribution < 1.29 is 4.79 Å². The third-order valence-corrected chi connectivity index (χ3v) is 3.54. The van der Waals surface area contributed by atoms with Gasteiger partial charge in [0.25, 0.3) is 0 Å². The minimum Gasteiger partial charge on any atom is -0.348 e. The third kappa shape index (κ3) is 2.99. The van der Waals surface area contributed by atoms with Crippen LogP contribution in [0.3, 0.4) is 0 Å². The van der Waals surface area contributed by atoms with Gasteiger partial charge in [-0.2, -0.15) is 0 Å². The van der Waals surface area contributed by atoms with Crippen LogP contribution in [0.2, 0.25) is 0 Å². The van der Waals surface area contributed by atoms with Crippen molar-refractivity contribution in [2.75, 3.05) is 0 Å². The van der Waals surface area contributed by atoms with Crippen LogP contribution in [0.25, 0.3) is 0 Å². The molecule has 0 aromatic heterocycles. The molecule has 94 valence electrons. The molecule has 0 aliphatic heterocycles. The highest BCUT2D eigenvalue weighted by Crippen LogP contribution is 2.41. The van der Waals surface area contributed by atoms with Gasteiger partial charge in [-0.25, -0.2) is 0 Å². The fourth-order valence-corrected chi connectivity index (χ4v) is 2.69. The Morgan fingerprint density at radius 2 is 1.88 bits per heavy atom. The van der Waals surface area contributed by atoms with E-state index in [1.807, 2.05) is 20.8 Å². The van der Waals surface area contributed by atoms with E-state index in [0.717, 1.165) is 24.8 Å². The van der Waals surface area contributed by atoms with Gasteiger partial charge in [0.1, 0.15) is 0 Å². The first-order valence-electron chi connectivity index (χ1n) is 6.66. The molecule has 17 heavy (non-hydrogen) atoms. The predicted molar refractivity (Wildman–Crippen MR) is 70.6 cm³/mol. The predicted octanol–water partition coefficient (Wildman–Crippen LogP) is 3.20. The van der Waals surface area contributed by atoms with E-state index in [2.05, 4.69) is 23.5 Å². The van der Waals surface area contributed by atoms with Crippen molar-refractivity contribution in [3.63, 3.8) is 0 Å². The lowest BCUT2D eigenvalue weighted by molar-refractivity contribution is -0.120. The third-order valence-electron chi connectivity index (χ3n) is 3.54. The molecule has 0 saturated carbocycles. The molecule has 2 rings (SSSR count). The van der Waals surface area contributed by atoms with Gasteiger partial charge in [0.15, 0.2) is 0 Å². The Kier molecular flexibility index (Phi) is 3.41. The van der Waals surface area contributed by atoms with E-state index >= 15 is 0 Å². The van der Waals surface area contributed by atoms with Crippen molar-refractivity contribution in [1.29, 1.82) is 0 Å². The van der Waals surface area contributed by atoms with Gasteiger partial charge in [-0.05, 0) is 58.3 Å². The van der Waals surface area contributed by atoms with E-state index in [9.17, 15) is 4.79 Å². The van der Waals surface area contributed by atoms with E-state index in [4.69, 9.17) is 0 Å². The monoisotopic (exact) mass is 233 g/mol. The Balaban J connectivity index is 2.00. The van der Waals surface area contributed by atoms with Gasteiger partial charge in [0, 0.05) is 11.1 Å². The zero-order chi connectivity index (χ0) is 12.5. The number of carbonyl (C=O) groups excluding carboxylic acids is 1. The summed E-state index contributed by atoms with van der Waals surface area (Å²) in [7, 11) is 0. The molecule has 0 aromatic carbocycles. The van der Waals surface area contributed by atoms with Gasteiger partial charge in [-0.15, -0.1) is 0 Å². The number of amides is 1. The van der Waals surface area contributed by atoms with Gasteiger partial charge < -0.3 is 5.32 Å². The number of fused-ring (bicyclic) bond motifs is 1. The smallest absolute Gasteiger partial charge is 0.247 e. The standard InChI is InChI=1S/C15H23NO/c1-15(2,3)16-14(17)13-10-11-8-6-4-5-7-9-12(11)13/h4-5,10-12H,6-9H2,1-3H3,(H,16,17)/b5-4+. The Labute approximate surface area is 104 Å². The van der Waals surface area contributed by atoms with Crippen LogP contribution in [-0.4, -0.2) is 11.4 Å². The van der Waals surface area contributed by atoms with Crippen LogP contribution in [0.1, 0.15) is 46.5 Å². The van der Waals surface area contributed by atoms with Crippen LogP contribution < -0.4 is 5.32 Å². The second-order valence-corrected chi connectivity index (χ2v) is 6.22. The van der Waals surface area contributed by atoms with Crippen LogP contribution in [0.4, 0.5) is 0 Å². The largest absolute Gasteiger partial charge is 0.348 e. The molecule has 2 heteroatoms. The van der Waals surface area contributed by atoms with Crippen molar-refractivity contribution >= 4 is 5.91 Å². The minimum atomic E-state index is -0.134. The molecular formula is C15H23NO. The van der Waals surface area contributed by atoms with Gasteiger partial charge in [-0.1, -0.05) is 18.2 Å². The Bertz CT molecular complexity index is 360. The summed E-state index contributed by atoms with van der Waals surface area (Å²) in [4.78, 5) is 12.1. The zero-order valence-electron chi connectivity index (χ0n) is 11.1. The summed E-state index contributed by atoms with van der Waals surface area (Å²) in [6.45, 7) is 6.09. The Morgan fingerprint density at radius 1 is 1.24 bits per heavy atom. The number of nitrogens with one attached hydrogen (secondary N) is 1. The summed E-state index contributed by atoms with van der Waals surface area (Å²) in [6.07, 6.45) is 11.3. The Hall–Kier alpha value is -1.05. The molecule has 1 amide bonds. The number of hydrogen-bond acceptors (Lipinski definition) is 1. The summed E-state index contributed by atoms with van der Waals surface area (Å²) in [5, 5.41) is 3.06. The van der Waals surface area contributed by atoms with Crippen molar-refractivity contribution in [2.24, 2.45) is 11.8 Å². The highest BCUT2D eigenvalue weighted by Gasteiger charge is 2.36. The molecule has 1 N–H and O–H groups in total. The summed E-state index contributed by atoms with van der Waals surface area (Å²) in [5.74, 6) is 1.28.